The molecule has 220 valence electrons. The van der Waals surface area contributed by atoms with Crippen molar-refractivity contribution in [3.63, 3.8) is 0 Å². The zero-order chi connectivity index (χ0) is 28.8. The van der Waals surface area contributed by atoms with E-state index >= 15 is 0 Å². The van der Waals surface area contributed by atoms with Crippen molar-refractivity contribution in [2.45, 2.75) is 30.7 Å². The predicted octanol–water partition coefficient (Wildman–Crippen LogP) is 10.5. The Morgan fingerprint density at radius 1 is 0.744 bits per heavy atom. The van der Waals surface area contributed by atoms with Crippen molar-refractivity contribution < 1.29 is 17.0 Å². The Morgan fingerprint density at radius 3 is 1.81 bits per heavy atom. The zero-order valence-electron chi connectivity index (χ0n) is 24.9. The number of nitrogens with zero attached hydrogens (tertiary/aromatic N) is 2. The molecular weight excluding hydrogens is 619 g/mol. The standard InChI is InChI=1S/C36H35N2Si.CH3.2ClH.Ti/c1-39(2,36-30-18-9-7-16-28(30)29-17-8-10-19-31(29)36)38-23-37-35-32(20-11-21-33(35)38)34-26-14-5-3-12-24(26)22-25-13-4-6-15-27(25)34;;;;/h3-22,28-31,33,35-36H,23H2,1-2H3;1H3;2*1H;/q2*-1;;;+2/p-2/t28?,29?,30?,31?,33-,35?,36?;;;;/m1..../s1. The Labute approximate surface area is 274 Å². The van der Waals surface area contributed by atoms with Gasteiger partial charge in [-0.3, -0.25) is 0 Å². The monoisotopic (exact) mass is 656 g/mol. The molecule has 0 aromatic heterocycles. The zero-order valence-corrected chi connectivity index (χ0v) is 29.0. The van der Waals surface area contributed by atoms with E-state index in [1.165, 1.54) is 32.7 Å². The number of fused-ring (bicyclic) bond motifs is 6. The summed E-state index contributed by atoms with van der Waals surface area (Å²) in [6, 6.07) is 20.6. The average molecular weight is 658 g/mol. The first-order chi connectivity index (χ1) is 20.5. The van der Waals surface area contributed by atoms with Crippen LogP contribution in [-0.4, -0.2) is 31.6 Å². The summed E-state index contributed by atoms with van der Waals surface area (Å²) in [5.74, 6) is 2.46. The van der Waals surface area contributed by atoms with E-state index in [1.54, 1.807) is 0 Å². The van der Waals surface area contributed by atoms with Crippen molar-refractivity contribution in [1.29, 1.82) is 0 Å². The van der Waals surface area contributed by atoms with Gasteiger partial charge in [0.2, 0.25) is 0 Å². The van der Waals surface area contributed by atoms with Gasteiger partial charge in [-0.25, -0.2) is 0 Å². The quantitative estimate of drug-likeness (QED) is 0.156. The van der Waals surface area contributed by atoms with Gasteiger partial charge in [0.05, 0.1) is 0 Å². The fourth-order valence-corrected chi connectivity index (χ4v) is 13.1. The van der Waals surface area contributed by atoms with Crippen molar-refractivity contribution in [3.8, 4) is 0 Å². The van der Waals surface area contributed by atoms with E-state index in [0.29, 0.717) is 35.3 Å². The predicted molar refractivity (Wildman–Crippen MR) is 186 cm³/mol. The Kier molecular flexibility index (Phi) is 9.25. The third-order valence-corrected chi connectivity index (χ3v) is 14.7. The maximum absolute atomic E-state index is 5.43. The van der Waals surface area contributed by atoms with Gasteiger partial charge >= 0.3 is 35.6 Å². The van der Waals surface area contributed by atoms with Gasteiger partial charge in [-0.2, -0.15) is 0 Å². The molecule has 1 saturated heterocycles. The second-order valence-electron chi connectivity index (χ2n) is 12.5. The topological polar surface area (TPSA) is 17.3 Å². The van der Waals surface area contributed by atoms with Crippen LogP contribution in [0, 0.1) is 31.1 Å². The van der Waals surface area contributed by atoms with Gasteiger partial charge in [0.15, 0.2) is 0 Å². The summed E-state index contributed by atoms with van der Waals surface area (Å²) in [5.41, 5.74) is 3.42. The molecule has 1 aliphatic heterocycles. The van der Waals surface area contributed by atoms with Gasteiger partial charge in [0, 0.05) is 6.04 Å². The Bertz CT molecular complexity index is 1600. The minimum absolute atomic E-state index is 0. The van der Waals surface area contributed by atoms with Crippen LogP contribution in [-0.2, 0) is 17.0 Å². The first-order valence-electron chi connectivity index (χ1n) is 14.9. The number of halogens is 2. The first-order valence-corrected chi connectivity index (χ1v) is 22.3. The van der Waals surface area contributed by atoms with Crippen molar-refractivity contribution in [1.82, 2.24) is 4.57 Å². The summed E-state index contributed by atoms with van der Waals surface area (Å²) < 4.78 is 2.86. The molecule has 8 rings (SSSR count). The SMILES string of the molecule is C[Si](C)(C1C2C=CC=CC2C2C=CC=CC21)N1C[N-]C2C(c3c4ccccc4cc4ccccc34)=CC=C[C@H]21.[CH3-].[Cl][Ti][Cl]. The average Bonchev–Trinajstić information content (AvgIpc) is 3.61. The van der Waals surface area contributed by atoms with E-state index in [-0.39, 0.29) is 13.5 Å². The molecule has 6 heteroatoms. The molecule has 1 saturated carbocycles. The fourth-order valence-electron chi connectivity index (χ4n) is 8.70. The van der Waals surface area contributed by atoms with Crippen LogP contribution in [0.2, 0.25) is 18.6 Å². The molecule has 4 aliphatic carbocycles. The molecule has 0 radical (unpaired) electrons. The van der Waals surface area contributed by atoms with Gasteiger partial charge in [0.25, 0.3) is 0 Å². The molecule has 5 aliphatic rings. The summed E-state index contributed by atoms with van der Waals surface area (Å²) in [4.78, 5) is 0. The molecule has 0 spiro atoms. The fraction of sp³-hybridized carbons (Fsp3) is 0.270. The van der Waals surface area contributed by atoms with Crippen molar-refractivity contribution in [2.75, 3.05) is 6.67 Å². The molecular formula is C37H38Cl2N2SiTi-2. The molecule has 2 nitrogen and oxygen atoms in total. The van der Waals surface area contributed by atoms with Crippen LogP contribution in [0.1, 0.15) is 5.56 Å². The summed E-state index contributed by atoms with van der Waals surface area (Å²) in [6.07, 6.45) is 26.3. The maximum atomic E-state index is 5.43. The molecule has 0 bridgehead atoms. The summed E-state index contributed by atoms with van der Waals surface area (Å²) in [5, 5.41) is 10.7. The number of benzene rings is 3. The third kappa shape index (κ3) is 5.25. The summed E-state index contributed by atoms with van der Waals surface area (Å²) >= 11 is -0.556. The van der Waals surface area contributed by atoms with Crippen LogP contribution < -0.4 is 0 Å². The van der Waals surface area contributed by atoms with E-state index in [4.69, 9.17) is 23.9 Å². The Hall–Kier alpha value is -1.95. The Balaban J connectivity index is 0.000000792. The molecule has 6 atom stereocenters. The van der Waals surface area contributed by atoms with Gasteiger partial charge < -0.3 is 17.3 Å². The number of allylic oxidation sites excluding steroid dienone is 10. The molecule has 3 aromatic rings. The van der Waals surface area contributed by atoms with Crippen molar-refractivity contribution in [3.05, 3.63) is 140 Å². The van der Waals surface area contributed by atoms with Gasteiger partial charge in [-0.1, -0.05) is 140 Å². The minimum atomic E-state index is -1.91. The van der Waals surface area contributed by atoms with E-state index in [9.17, 15) is 0 Å². The number of rotatable bonds is 3. The molecule has 0 N–H and O–H groups in total. The van der Waals surface area contributed by atoms with Crippen molar-refractivity contribution in [2.24, 2.45) is 23.7 Å². The third-order valence-electron chi connectivity index (χ3n) is 10.4. The molecule has 2 fully saturated rings. The summed E-state index contributed by atoms with van der Waals surface area (Å²) in [7, 11) is 7.87. The van der Waals surface area contributed by atoms with Gasteiger partial charge in [0.1, 0.15) is 8.24 Å². The van der Waals surface area contributed by atoms with Crippen LogP contribution in [0.4, 0.5) is 0 Å². The van der Waals surface area contributed by atoms with Crippen molar-refractivity contribution >= 4 is 54.0 Å². The molecule has 5 unspecified atom stereocenters. The van der Waals surface area contributed by atoms with Crippen LogP contribution in [0.5, 0.6) is 0 Å². The first kappa shape index (κ1) is 31.1. The number of hydrogen-bond donors (Lipinski definition) is 0. The number of hydrogen-bond acceptors (Lipinski definition) is 1. The normalized spacial score (nSPS) is 30.2. The molecule has 3 aromatic carbocycles. The molecule has 43 heavy (non-hydrogen) atoms. The molecule has 1 heterocycles. The van der Waals surface area contributed by atoms with E-state index in [1.807, 2.05) is 0 Å². The molecule has 0 amide bonds. The van der Waals surface area contributed by atoms with Gasteiger partial charge in [-0.15, -0.1) is 6.67 Å². The van der Waals surface area contributed by atoms with E-state index < -0.39 is 25.3 Å². The van der Waals surface area contributed by atoms with E-state index in [2.05, 4.69) is 139 Å². The van der Waals surface area contributed by atoms with E-state index in [0.717, 1.165) is 6.67 Å². The second kappa shape index (κ2) is 12.8. The van der Waals surface area contributed by atoms with Crippen LogP contribution in [0.25, 0.3) is 32.4 Å². The van der Waals surface area contributed by atoms with Gasteiger partial charge in [-0.05, 0) is 62.4 Å². The van der Waals surface area contributed by atoms with Crippen LogP contribution in [0.15, 0.2) is 121 Å². The summed E-state index contributed by atoms with van der Waals surface area (Å²) in [6.45, 7) is 6.10. The Morgan fingerprint density at radius 2 is 1.26 bits per heavy atom. The van der Waals surface area contributed by atoms with Crippen LogP contribution >= 0.6 is 18.6 Å². The second-order valence-corrected chi connectivity index (χ2v) is 19.7. The van der Waals surface area contributed by atoms with Crippen LogP contribution in [0.3, 0.4) is 0 Å².